The van der Waals surface area contributed by atoms with Crippen molar-refractivity contribution in [3.63, 3.8) is 0 Å². The summed E-state index contributed by atoms with van der Waals surface area (Å²) in [6, 6.07) is 1.44. The van der Waals surface area contributed by atoms with Crippen LogP contribution in [0.2, 0.25) is 0 Å². The maximum Gasteiger partial charge on any atom is 0.449 e. The first-order valence-corrected chi connectivity index (χ1v) is 4.74. The van der Waals surface area contributed by atoms with E-state index in [-0.39, 0.29) is 5.52 Å². The molecule has 2 aromatic heterocycles. The number of hydrogen-bond donors (Lipinski definition) is 0. The van der Waals surface area contributed by atoms with Gasteiger partial charge in [0.05, 0.1) is 5.52 Å². The van der Waals surface area contributed by atoms with Crippen molar-refractivity contribution < 1.29 is 13.2 Å². The summed E-state index contributed by atoms with van der Waals surface area (Å²) in [5, 5.41) is 0. The molecular formula is C8H5BrF3N3. The highest BCUT2D eigenvalue weighted by atomic mass is 79.9. The Morgan fingerprint density at radius 2 is 2.07 bits per heavy atom. The highest BCUT2D eigenvalue weighted by Gasteiger charge is 2.37. The molecule has 0 spiro atoms. The number of halogens is 4. The molecule has 80 valence electrons. The van der Waals surface area contributed by atoms with Crippen LogP contribution < -0.4 is 0 Å². The summed E-state index contributed by atoms with van der Waals surface area (Å²) in [7, 11) is 1.31. The van der Waals surface area contributed by atoms with Crippen LogP contribution in [0.3, 0.4) is 0 Å². The van der Waals surface area contributed by atoms with Crippen molar-refractivity contribution in [1.29, 1.82) is 0 Å². The fraction of sp³-hybridized carbons (Fsp3) is 0.250. The van der Waals surface area contributed by atoms with Crippen molar-refractivity contribution in [3.05, 3.63) is 22.7 Å². The largest absolute Gasteiger partial charge is 0.449 e. The van der Waals surface area contributed by atoms with Gasteiger partial charge in [-0.2, -0.15) is 13.2 Å². The first-order valence-electron chi connectivity index (χ1n) is 3.95. The monoisotopic (exact) mass is 279 g/mol. The van der Waals surface area contributed by atoms with Gasteiger partial charge < -0.3 is 4.57 Å². The maximum atomic E-state index is 12.5. The van der Waals surface area contributed by atoms with E-state index in [0.29, 0.717) is 10.1 Å². The van der Waals surface area contributed by atoms with Crippen molar-refractivity contribution >= 4 is 27.0 Å². The van der Waals surface area contributed by atoms with E-state index in [9.17, 15) is 13.2 Å². The van der Waals surface area contributed by atoms with Crippen LogP contribution in [0.15, 0.2) is 16.9 Å². The number of pyridine rings is 1. The summed E-state index contributed by atoms with van der Waals surface area (Å²) in [6.07, 6.45) is -3.05. The van der Waals surface area contributed by atoms with Gasteiger partial charge in [0.1, 0.15) is 10.1 Å². The Morgan fingerprint density at radius 1 is 1.40 bits per heavy atom. The van der Waals surface area contributed by atoms with E-state index < -0.39 is 12.0 Å². The molecule has 0 aliphatic carbocycles. The zero-order chi connectivity index (χ0) is 11.2. The lowest BCUT2D eigenvalue weighted by Crippen LogP contribution is -2.12. The Balaban J connectivity index is 2.82. The van der Waals surface area contributed by atoms with Crippen LogP contribution in [0.4, 0.5) is 13.2 Å². The Morgan fingerprint density at radius 3 is 2.60 bits per heavy atom. The van der Waals surface area contributed by atoms with Crippen molar-refractivity contribution in [2.45, 2.75) is 6.18 Å². The van der Waals surface area contributed by atoms with Gasteiger partial charge in [0.2, 0.25) is 5.82 Å². The van der Waals surface area contributed by atoms with E-state index in [1.807, 2.05) is 0 Å². The van der Waals surface area contributed by atoms with Gasteiger partial charge >= 0.3 is 6.18 Å². The van der Waals surface area contributed by atoms with Gasteiger partial charge in [0, 0.05) is 13.2 Å². The van der Waals surface area contributed by atoms with Gasteiger partial charge in [-0.3, -0.25) is 0 Å². The zero-order valence-corrected chi connectivity index (χ0v) is 9.09. The van der Waals surface area contributed by atoms with E-state index >= 15 is 0 Å². The zero-order valence-electron chi connectivity index (χ0n) is 7.51. The van der Waals surface area contributed by atoms with Gasteiger partial charge in [0.15, 0.2) is 0 Å². The number of alkyl halides is 3. The fourth-order valence-corrected chi connectivity index (χ4v) is 1.96. The third kappa shape index (κ3) is 1.60. The van der Waals surface area contributed by atoms with E-state index in [1.165, 1.54) is 19.3 Å². The first kappa shape index (κ1) is 10.4. The van der Waals surface area contributed by atoms with Crippen molar-refractivity contribution in [2.75, 3.05) is 0 Å². The van der Waals surface area contributed by atoms with Crippen molar-refractivity contribution in [1.82, 2.24) is 14.5 Å². The molecule has 15 heavy (non-hydrogen) atoms. The van der Waals surface area contributed by atoms with Crippen molar-refractivity contribution in [3.8, 4) is 0 Å². The molecule has 0 bridgehead atoms. The normalized spacial score (nSPS) is 12.3. The SMILES string of the molecule is Cn1c(C(F)(F)F)nc2ccnc(Br)c21. The quantitative estimate of drug-likeness (QED) is 0.695. The predicted molar refractivity (Wildman–Crippen MR) is 51.2 cm³/mol. The molecule has 0 aliphatic rings. The highest BCUT2D eigenvalue weighted by molar-refractivity contribution is 9.10. The minimum atomic E-state index is -4.45. The number of imidazole rings is 1. The number of rotatable bonds is 0. The highest BCUT2D eigenvalue weighted by Crippen LogP contribution is 2.32. The summed E-state index contributed by atoms with van der Waals surface area (Å²) < 4.78 is 38.8. The lowest BCUT2D eigenvalue weighted by Gasteiger charge is -2.05. The van der Waals surface area contributed by atoms with Gasteiger partial charge in [-0.25, -0.2) is 9.97 Å². The molecule has 0 atom stereocenters. The second kappa shape index (κ2) is 3.19. The Kier molecular flexibility index (Phi) is 2.22. The number of aromatic nitrogens is 3. The molecule has 0 unspecified atom stereocenters. The minimum absolute atomic E-state index is 0.270. The van der Waals surface area contributed by atoms with Crippen LogP contribution in [0.5, 0.6) is 0 Å². The van der Waals surface area contributed by atoms with E-state index in [2.05, 4.69) is 25.9 Å². The van der Waals surface area contributed by atoms with Crippen molar-refractivity contribution in [2.24, 2.45) is 7.05 Å². The lowest BCUT2D eigenvalue weighted by molar-refractivity contribution is -0.146. The van der Waals surface area contributed by atoms with E-state index in [4.69, 9.17) is 0 Å². The molecule has 0 saturated heterocycles. The van der Waals surface area contributed by atoms with Crippen LogP contribution in [-0.4, -0.2) is 14.5 Å². The Hall–Kier alpha value is -1.11. The summed E-state index contributed by atoms with van der Waals surface area (Å²) in [5.41, 5.74) is 0.608. The van der Waals surface area contributed by atoms with Gasteiger partial charge in [-0.15, -0.1) is 0 Å². The Labute approximate surface area is 91.1 Å². The number of hydrogen-bond acceptors (Lipinski definition) is 2. The summed E-state index contributed by atoms with van der Waals surface area (Å²) in [4.78, 5) is 7.36. The standard InChI is InChI=1S/C8H5BrF3N3/c1-15-5-4(2-3-13-6(5)9)14-7(15)8(10,11)12/h2-3H,1H3. The molecule has 0 saturated carbocycles. The van der Waals surface area contributed by atoms with Gasteiger partial charge in [-0.05, 0) is 22.0 Å². The molecule has 2 rings (SSSR count). The average molecular weight is 280 g/mol. The van der Waals surface area contributed by atoms with Crippen LogP contribution in [0.25, 0.3) is 11.0 Å². The Bertz CT molecular complexity index is 518. The topological polar surface area (TPSA) is 30.7 Å². The predicted octanol–water partition coefficient (Wildman–Crippen LogP) is 2.75. The molecular weight excluding hydrogens is 275 g/mol. The molecule has 0 aliphatic heterocycles. The van der Waals surface area contributed by atoms with Crippen LogP contribution in [0.1, 0.15) is 5.82 Å². The first-order chi connectivity index (χ1) is 6.91. The summed E-state index contributed by atoms with van der Waals surface area (Å²) in [5.74, 6) is -0.925. The van der Waals surface area contributed by atoms with Crippen LogP contribution in [-0.2, 0) is 13.2 Å². The fourth-order valence-electron chi connectivity index (χ4n) is 1.37. The number of nitrogens with zero attached hydrogens (tertiary/aromatic N) is 3. The van der Waals surface area contributed by atoms with Crippen LogP contribution >= 0.6 is 15.9 Å². The molecule has 0 aromatic carbocycles. The third-order valence-corrected chi connectivity index (χ3v) is 2.57. The molecule has 0 N–H and O–H groups in total. The summed E-state index contributed by atoms with van der Waals surface area (Å²) >= 11 is 3.09. The molecule has 0 amide bonds. The lowest BCUT2D eigenvalue weighted by atomic mass is 10.4. The maximum absolute atomic E-state index is 12.5. The third-order valence-electron chi connectivity index (χ3n) is 1.99. The van der Waals surface area contributed by atoms with E-state index in [1.54, 1.807) is 0 Å². The number of aryl methyl sites for hydroxylation is 1. The molecule has 3 nitrogen and oxygen atoms in total. The second-order valence-electron chi connectivity index (χ2n) is 2.96. The van der Waals surface area contributed by atoms with Gasteiger partial charge in [0.25, 0.3) is 0 Å². The molecule has 7 heteroatoms. The molecule has 0 radical (unpaired) electrons. The minimum Gasteiger partial charge on any atom is -0.321 e. The second-order valence-corrected chi connectivity index (χ2v) is 3.71. The van der Waals surface area contributed by atoms with E-state index in [0.717, 1.165) is 4.57 Å². The van der Waals surface area contributed by atoms with Gasteiger partial charge in [-0.1, -0.05) is 0 Å². The molecule has 0 fully saturated rings. The summed E-state index contributed by atoms with van der Waals surface area (Å²) in [6.45, 7) is 0. The average Bonchev–Trinajstić information content (AvgIpc) is 2.44. The van der Waals surface area contributed by atoms with Crippen LogP contribution in [0, 0.1) is 0 Å². The number of fused-ring (bicyclic) bond motifs is 1. The molecule has 2 aromatic rings. The molecule has 2 heterocycles. The smallest absolute Gasteiger partial charge is 0.321 e.